The highest BCUT2D eigenvalue weighted by Crippen LogP contribution is 2.44. The monoisotopic (exact) mass is 474 g/mol. The summed E-state index contributed by atoms with van der Waals surface area (Å²) in [6, 6.07) is 20.0. The first-order chi connectivity index (χ1) is 17.0. The quantitative estimate of drug-likeness (QED) is 0.513. The van der Waals surface area contributed by atoms with Crippen LogP contribution in [0.15, 0.2) is 66.7 Å². The summed E-state index contributed by atoms with van der Waals surface area (Å²) in [6.07, 6.45) is 0.662. The molecule has 3 aromatic rings. The third-order valence-electron chi connectivity index (χ3n) is 6.37. The number of rotatable bonds is 7. The van der Waals surface area contributed by atoms with Crippen LogP contribution in [-0.2, 0) is 9.59 Å². The van der Waals surface area contributed by atoms with E-state index >= 15 is 0 Å². The van der Waals surface area contributed by atoms with Gasteiger partial charge in [0.25, 0.3) is 0 Å². The Hall–Kier alpha value is -4.00. The van der Waals surface area contributed by atoms with Gasteiger partial charge in [0.05, 0.1) is 39.0 Å². The molecule has 0 spiro atoms. The number of piperidine rings is 1. The maximum atomic E-state index is 13.8. The van der Waals surface area contributed by atoms with Crippen molar-refractivity contribution in [2.45, 2.75) is 25.8 Å². The second-order valence-electron chi connectivity index (χ2n) is 8.49. The molecule has 1 aliphatic heterocycles. The van der Waals surface area contributed by atoms with Gasteiger partial charge < -0.3 is 24.4 Å². The van der Waals surface area contributed by atoms with Gasteiger partial charge in [-0.2, -0.15) is 0 Å². The Morgan fingerprint density at radius 3 is 2.31 bits per heavy atom. The highest BCUT2D eigenvalue weighted by molar-refractivity contribution is 6.01. The molecule has 2 amide bonds. The van der Waals surface area contributed by atoms with Gasteiger partial charge in [0.2, 0.25) is 11.8 Å². The third-order valence-corrected chi connectivity index (χ3v) is 6.37. The zero-order chi connectivity index (χ0) is 24.9. The molecular weight excluding hydrogens is 444 g/mol. The van der Waals surface area contributed by atoms with Gasteiger partial charge in [0.1, 0.15) is 17.2 Å². The fourth-order valence-electron chi connectivity index (χ4n) is 4.58. The van der Waals surface area contributed by atoms with Crippen molar-refractivity contribution in [1.29, 1.82) is 0 Å². The van der Waals surface area contributed by atoms with Gasteiger partial charge in [-0.1, -0.05) is 35.9 Å². The van der Waals surface area contributed by atoms with Crippen LogP contribution in [0.3, 0.4) is 0 Å². The minimum atomic E-state index is -0.549. The summed E-state index contributed by atoms with van der Waals surface area (Å²) in [5.74, 6) is 0.977. The predicted molar refractivity (Wildman–Crippen MR) is 135 cm³/mol. The van der Waals surface area contributed by atoms with E-state index in [0.29, 0.717) is 29.4 Å². The van der Waals surface area contributed by atoms with Crippen molar-refractivity contribution >= 4 is 23.2 Å². The highest BCUT2D eigenvalue weighted by atomic mass is 16.5. The molecule has 4 rings (SSSR count). The van der Waals surface area contributed by atoms with E-state index in [4.69, 9.17) is 14.2 Å². The molecule has 1 aliphatic rings. The van der Waals surface area contributed by atoms with Gasteiger partial charge in [-0.25, -0.2) is 0 Å². The Bertz CT molecular complexity index is 1210. The molecule has 0 radical (unpaired) electrons. The molecule has 0 aromatic heterocycles. The van der Waals surface area contributed by atoms with E-state index < -0.39 is 12.0 Å². The minimum Gasteiger partial charge on any atom is -0.497 e. The van der Waals surface area contributed by atoms with E-state index in [9.17, 15) is 9.59 Å². The second kappa shape index (κ2) is 10.5. The maximum Gasteiger partial charge on any atom is 0.230 e. The number of amides is 2. The van der Waals surface area contributed by atoms with Gasteiger partial charge in [-0.05, 0) is 43.7 Å². The van der Waals surface area contributed by atoms with E-state index in [1.165, 1.54) is 0 Å². The van der Waals surface area contributed by atoms with Gasteiger partial charge in [-0.3, -0.25) is 9.59 Å². The Labute approximate surface area is 205 Å². The number of aryl methyl sites for hydroxylation is 1. The van der Waals surface area contributed by atoms with E-state index in [1.54, 1.807) is 44.4 Å². The number of anilines is 2. The van der Waals surface area contributed by atoms with E-state index in [-0.39, 0.29) is 18.2 Å². The van der Waals surface area contributed by atoms with Crippen molar-refractivity contribution in [2.75, 3.05) is 31.5 Å². The first-order valence-corrected chi connectivity index (χ1v) is 11.5. The molecule has 2 atom stereocenters. The summed E-state index contributed by atoms with van der Waals surface area (Å²) < 4.78 is 16.4. The number of nitrogens with zero attached hydrogens (tertiary/aromatic N) is 1. The van der Waals surface area contributed by atoms with Gasteiger partial charge in [0.15, 0.2) is 0 Å². The molecule has 35 heavy (non-hydrogen) atoms. The molecule has 1 heterocycles. The highest BCUT2D eigenvalue weighted by Gasteiger charge is 2.42. The third kappa shape index (κ3) is 4.94. The standard InChI is InChI=1S/C28H30N2O5/c1-18-9-11-19(12-10-18)30-26(31)16-14-22(27(30)21-7-5-6-8-24(21)34-3)28(32)29-23-17-20(33-2)13-15-25(23)35-4/h5-13,15,17,22,27H,14,16H2,1-4H3,(H,29,32). The SMILES string of the molecule is COc1ccc(OC)c(NC(=O)C2CCC(=O)N(c3ccc(C)cc3)C2c2ccccc2OC)c1. The first kappa shape index (κ1) is 24.1. The van der Waals surface area contributed by atoms with E-state index in [2.05, 4.69) is 5.32 Å². The summed E-state index contributed by atoms with van der Waals surface area (Å²) >= 11 is 0. The number of hydrogen-bond donors (Lipinski definition) is 1. The van der Waals surface area contributed by atoms with Crippen LogP contribution >= 0.6 is 0 Å². The lowest BCUT2D eigenvalue weighted by molar-refractivity contribution is -0.126. The summed E-state index contributed by atoms with van der Waals surface area (Å²) in [6.45, 7) is 2.00. The number of hydrogen-bond acceptors (Lipinski definition) is 5. The van der Waals surface area contributed by atoms with Crippen molar-refractivity contribution in [3.05, 3.63) is 77.9 Å². The van der Waals surface area contributed by atoms with Crippen LogP contribution in [0.1, 0.15) is 30.0 Å². The minimum absolute atomic E-state index is 0.0345. The van der Waals surface area contributed by atoms with Crippen molar-refractivity contribution in [2.24, 2.45) is 5.92 Å². The number of nitrogens with one attached hydrogen (secondary N) is 1. The van der Waals surface area contributed by atoms with Crippen LogP contribution in [0, 0.1) is 12.8 Å². The van der Waals surface area contributed by atoms with Crippen LogP contribution in [0.5, 0.6) is 17.2 Å². The first-order valence-electron chi connectivity index (χ1n) is 11.5. The van der Waals surface area contributed by atoms with Crippen LogP contribution in [0.4, 0.5) is 11.4 Å². The van der Waals surface area contributed by atoms with Crippen molar-refractivity contribution in [3.8, 4) is 17.2 Å². The molecule has 0 saturated carbocycles. The van der Waals surface area contributed by atoms with Crippen LogP contribution in [0.2, 0.25) is 0 Å². The molecule has 3 aromatic carbocycles. The molecular formula is C28H30N2O5. The van der Waals surface area contributed by atoms with Crippen LogP contribution < -0.4 is 24.4 Å². The average Bonchev–Trinajstić information content (AvgIpc) is 2.89. The normalized spacial score (nSPS) is 17.6. The number of methoxy groups -OCH3 is 3. The fraction of sp³-hybridized carbons (Fsp3) is 0.286. The maximum absolute atomic E-state index is 13.8. The molecule has 7 heteroatoms. The average molecular weight is 475 g/mol. The predicted octanol–water partition coefficient (Wildman–Crippen LogP) is 5.14. The van der Waals surface area contributed by atoms with Gasteiger partial charge in [-0.15, -0.1) is 0 Å². The van der Waals surface area contributed by atoms with E-state index in [0.717, 1.165) is 16.8 Å². The number of ether oxygens (including phenoxy) is 3. The number of para-hydroxylation sites is 1. The summed E-state index contributed by atoms with van der Waals surface area (Å²) in [7, 11) is 4.71. The molecule has 0 aliphatic carbocycles. The Kier molecular flexibility index (Phi) is 7.25. The van der Waals surface area contributed by atoms with Crippen molar-refractivity contribution in [1.82, 2.24) is 0 Å². The van der Waals surface area contributed by atoms with Crippen molar-refractivity contribution in [3.63, 3.8) is 0 Å². The molecule has 1 fully saturated rings. The van der Waals surface area contributed by atoms with Gasteiger partial charge >= 0.3 is 0 Å². The van der Waals surface area contributed by atoms with Gasteiger partial charge in [0, 0.05) is 23.7 Å². The summed E-state index contributed by atoms with van der Waals surface area (Å²) in [5.41, 5.74) is 3.12. The molecule has 7 nitrogen and oxygen atoms in total. The Morgan fingerprint density at radius 1 is 0.914 bits per heavy atom. The topological polar surface area (TPSA) is 77.1 Å². The smallest absolute Gasteiger partial charge is 0.230 e. The van der Waals surface area contributed by atoms with Crippen LogP contribution in [-0.4, -0.2) is 33.1 Å². The van der Waals surface area contributed by atoms with Crippen molar-refractivity contribution < 1.29 is 23.8 Å². The number of carbonyl (C=O) groups is 2. The van der Waals surface area contributed by atoms with Crippen LogP contribution in [0.25, 0.3) is 0 Å². The largest absolute Gasteiger partial charge is 0.497 e. The molecule has 2 unspecified atom stereocenters. The molecule has 182 valence electrons. The zero-order valence-corrected chi connectivity index (χ0v) is 20.4. The number of carbonyl (C=O) groups excluding carboxylic acids is 2. The second-order valence-corrected chi connectivity index (χ2v) is 8.49. The summed E-state index contributed by atoms with van der Waals surface area (Å²) in [5, 5.41) is 3.02. The van der Waals surface area contributed by atoms with E-state index in [1.807, 2.05) is 55.5 Å². The fourth-order valence-corrected chi connectivity index (χ4v) is 4.58. The molecule has 0 bridgehead atoms. The Morgan fingerprint density at radius 2 is 1.63 bits per heavy atom. The lowest BCUT2D eigenvalue weighted by Gasteiger charge is -2.41. The number of benzene rings is 3. The molecule has 1 N–H and O–H groups in total. The lowest BCUT2D eigenvalue weighted by Crippen LogP contribution is -2.47. The zero-order valence-electron chi connectivity index (χ0n) is 20.4. The summed E-state index contributed by atoms with van der Waals surface area (Å²) in [4.78, 5) is 28.8. The lowest BCUT2D eigenvalue weighted by atomic mass is 9.82. The molecule has 1 saturated heterocycles. The Balaban J connectivity index is 1.78.